The van der Waals surface area contributed by atoms with Crippen LogP contribution in [0, 0.1) is 11.8 Å². The molecule has 3 N–H and O–H groups in total. The second-order valence-corrected chi connectivity index (χ2v) is 6.24. The zero-order valence-electron chi connectivity index (χ0n) is 12.6. The Balaban J connectivity index is 2.39. The summed E-state index contributed by atoms with van der Waals surface area (Å²) >= 11 is 0. The van der Waals surface area contributed by atoms with E-state index in [1.54, 1.807) is 0 Å². The molecule has 0 aliphatic carbocycles. The minimum absolute atomic E-state index is 0.0576. The van der Waals surface area contributed by atoms with Crippen LogP contribution >= 0.6 is 0 Å². The summed E-state index contributed by atoms with van der Waals surface area (Å²) in [6.07, 6.45) is 2.12. The second kappa shape index (κ2) is 6.70. The van der Waals surface area contributed by atoms with Gasteiger partial charge in [-0.25, -0.2) is 0 Å². The minimum Gasteiger partial charge on any atom is -0.396 e. The van der Waals surface area contributed by atoms with E-state index in [1.165, 1.54) is 5.56 Å². The molecule has 3 nitrogen and oxygen atoms in total. The van der Waals surface area contributed by atoms with E-state index in [0.717, 1.165) is 19.4 Å². The standard InChI is InChI=1S/C17H27NO2/c1-13(2)16-10-17(8-9-20-16,15(11-18)12-19)14-6-4-3-5-7-14/h3-7,13,15-16,19H,8-12,18H2,1-2H3/t15-,16+,17-/m0/s1. The molecule has 0 amide bonds. The molecule has 1 heterocycles. The summed E-state index contributed by atoms with van der Waals surface area (Å²) in [6, 6.07) is 10.5. The molecule has 0 spiro atoms. The predicted molar refractivity (Wildman–Crippen MR) is 81.6 cm³/mol. The van der Waals surface area contributed by atoms with Crippen molar-refractivity contribution in [3.63, 3.8) is 0 Å². The third kappa shape index (κ3) is 2.90. The lowest BCUT2D eigenvalue weighted by Gasteiger charge is -2.47. The lowest BCUT2D eigenvalue weighted by molar-refractivity contribution is -0.0643. The summed E-state index contributed by atoms with van der Waals surface area (Å²) in [5.74, 6) is 0.575. The first-order valence-electron chi connectivity index (χ1n) is 7.62. The molecule has 1 saturated heterocycles. The Labute approximate surface area is 122 Å². The molecule has 0 unspecified atom stereocenters. The van der Waals surface area contributed by atoms with Crippen LogP contribution < -0.4 is 5.73 Å². The number of nitrogens with two attached hydrogens (primary N) is 1. The van der Waals surface area contributed by atoms with Crippen LogP contribution in [0.2, 0.25) is 0 Å². The van der Waals surface area contributed by atoms with Gasteiger partial charge in [0.2, 0.25) is 0 Å². The minimum atomic E-state index is -0.0576. The third-order valence-corrected chi connectivity index (χ3v) is 4.82. The van der Waals surface area contributed by atoms with E-state index >= 15 is 0 Å². The number of ether oxygens (including phenoxy) is 1. The van der Waals surface area contributed by atoms with Crippen molar-refractivity contribution in [3.8, 4) is 0 Å². The van der Waals surface area contributed by atoms with Crippen LogP contribution in [0.25, 0.3) is 0 Å². The maximum atomic E-state index is 9.81. The molecule has 20 heavy (non-hydrogen) atoms. The molecule has 2 rings (SSSR count). The summed E-state index contributed by atoms with van der Waals surface area (Å²) in [5.41, 5.74) is 7.19. The first-order chi connectivity index (χ1) is 9.64. The van der Waals surface area contributed by atoms with Crippen LogP contribution in [0.4, 0.5) is 0 Å². The van der Waals surface area contributed by atoms with Gasteiger partial charge in [0.25, 0.3) is 0 Å². The van der Waals surface area contributed by atoms with E-state index < -0.39 is 0 Å². The highest BCUT2D eigenvalue weighted by atomic mass is 16.5. The SMILES string of the molecule is CC(C)[C@H]1C[C@@](c2ccccc2)([C@@H](CN)CO)CCO1. The Morgan fingerprint density at radius 1 is 1.35 bits per heavy atom. The molecule has 3 heteroatoms. The molecule has 0 bridgehead atoms. The topological polar surface area (TPSA) is 55.5 Å². The van der Waals surface area contributed by atoms with Crippen molar-refractivity contribution in [1.29, 1.82) is 0 Å². The van der Waals surface area contributed by atoms with Gasteiger partial charge in [-0.15, -0.1) is 0 Å². The lowest BCUT2D eigenvalue weighted by atomic mass is 9.63. The van der Waals surface area contributed by atoms with Crippen LogP contribution in [-0.2, 0) is 10.2 Å². The van der Waals surface area contributed by atoms with Crippen molar-refractivity contribution in [1.82, 2.24) is 0 Å². The van der Waals surface area contributed by atoms with E-state index in [0.29, 0.717) is 12.5 Å². The monoisotopic (exact) mass is 277 g/mol. The van der Waals surface area contributed by atoms with Gasteiger partial charge in [0.05, 0.1) is 6.10 Å². The predicted octanol–water partition coefficient (Wildman–Crippen LogP) is 2.33. The Morgan fingerprint density at radius 3 is 2.60 bits per heavy atom. The maximum Gasteiger partial charge on any atom is 0.0606 e. The molecular formula is C17H27NO2. The Kier molecular flexibility index (Phi) is 5.19. The van der Waals surface area contributed by atoms with Gasteiger partial charge in [0.1, 0.15) is 0 Å². The second-order valence-electron chi connectivity index (χ2n) is 6.24. The van der Waals surface area contributed by atoms with Crippen LogP contribution in [0.1, 0.15) is 32.3 Å². The maximum absolute atomic E-state index is 9.81. The summed E-state index contributed by atoms with van der Waals surface area (Å²) in [4.78, 5) is 0. The third-order valence-electron chi connectivity index (χ3n) is 4.82. The van der Waals surface area contributed by atoms with Crippen LogP contribution in [0.3, 0.4) is 0 Å². The molecule has 3 atom stereocenters. The fraction of sp³-hybridized carbons (Fsp3) is 0.647. The first kappa shape index (κ1) is 15.5. The number of hydrogen-bond acceptors (Lipinski definition) is 3. The molecule has 112 valence electrons. The van der Waals surface area contributed by atoms with Crippen LogP contribution in [0.5, 0.6) is 0 Å². The number of rotatable bonds is 5. The number of benzene rings is 1. The molecule has 1 fully saturated rings. The van der Waals surface area contributed by atoms with E-state index in [4.69, 9.17) is 10.5 Å². The van der Waals surface area contributed by atoms with Gasteiger partial charge in [-0.1, -0.05) is 44.2 Å². The highest BCUT2D eigenvalue weighted by Gasteiger charge is 2.44. The van der Waals surface area contributed by atoms with Crippen molar-refractivity contribution in [2.45, 2.75) is 38.2 Å². The lowest BCUT2D eigenvalue weighted by Crippen LogP contribution is -2.49. The molecule has 1 aliphatic heterocycles. The van der Waals surface area contributed by atoms with Crippen molar-refractivity contribution in [2.75, 3.05) is 19.8 Å². The average Bonchev–Trinajstić information content (AvgIpc) is 2.49. The molecular weight excluding hydrogens is 250 g/mol. The Morgan fingerprint density at radius 2 is 2.05 bits per heavy atom. The largest absolute Gasteiger partial charge is 0.396 e. The number of aliphatic hydroxyl groups excluding tert-OH is 1. The Hall–Kier alpha value is -0.900. The van der Waals surface area contributed by atoms with E-state index in [9.17, 15) is 5.11 Å². The van der Waals surface area contributed by atoms with Gasteiger partial charge < -0.3 is 15.6 Å². The molecule has 1 aliphatic rings. The normalized spacial score (nSPS) is 28.6. The van der Waals surface area contributed by atoms with Gasteiger partial charge in [-0.2, -0.15) is 0 Å². The molecule has 0 saturated carbocycles. The number of aliphatic hydroxyl groups is 1. The Bertz CT molecular complexity index is 403. The van der Waals surface area contributed by atoms with E-state index in [-0.39, 0.29) is 24.0 Å². The van der Waals surface area contributed by atoms with E-state index in [1.807, 2.05) is 6.07 Å². The van der Waals surface area contributed by atoms with Crippen molar-refractivity contribution in [3.05, 3.63) is 35.9 Å². The molecule has 1 aromatic rings. The fourth-order valence-electron chi connectivity index (χ4n) is 3.45. The van der Waals surface area contributed by atoms with Crippen molar-refractivity contribution < 1.29 is 9.84 Å². The van der Waals surface area contributed by atoms with E-state index in [2.05, 4.69) is 38.1 Å². The zero-order chi connectivity index (χ0) is 14.6. The molecule has 1 aromatic carbocycles. The highest BCUT2D eigenvalue weighted by Crippen LogP contribution is 2.44. The fourth-order valence-corrected chi connectivity index (χ4v) is 3.45. The van der Waals surface area contributed by atoms with Gasteiger partial charge in [0, 0.05) is 24.5 Å². The number of hydrogen-bond donors (Lipinski definition) is 2. The average molecular weight is 277 g/mol. The zero-order valence-corrected chi connectivity index (χ0v) is 12.6. The summed E-state index contributed by atoms with van der Waals surface area (Å²) < 4.78 is 5.93. The highest BCUT2D eigenvalue weighted by molar-refractivity contribution is 5.28. The quantitative estimate of drug-likeness (QED) is 0.868. The van der Waals surface area contributed by atoms with Crippen molar-refractivity contribution in [2.24, 2.45) is 17.6 Å². The van der Waals surface area contributed by atoms with Crippen LogP contribution in [0.15, 0.2) is 30.3 Å². The smallest absolute Gasteiger partial charge is 0.0606 e. The van der Waals surface area contributed by atoms with Gasteiger partial charge in [-0.05, 0) is 30.9 Å². The van der Waals surface area contributed by atoms with Crippen LogP contribution in [-0.4, -0.2) is 31.0 Å². The molecule has 0 aromatic heterocycles. The summed E-state index contributed by atoms with van der Waals surface area (Å²) in [6.45, 7) is 5.78. The molecule has 0 radical (unpaired) electrons. The van der Waals surface area contributed by atoms with Crippen molar-refractivity contribution >= 4 is 0 Å². The van der Waals surface area contributed by atoms with Gasteiger partial charge in [0.15, 0.2) is 0 Å². The van der Waals surface area contributed by atoms with Gasteiger partial charge >= 0.3 is 0 Å². The summed E-state index contributed by atoms with van der Waals surface area (Å²) in [7, 11) is 0. The summed E-state index contributed by atoms with van der Waals surface area (Å²) in [5, 5.41) is 9.81. The first-order valence-corrected chi connectivity index (χ1v) is 7.62. The van der Waals surface area contributed by atoms with Gasteiger partial charge in [-0.3, -0.25) is 0 Å².